The molecule has 1 aromatic rings. The maximum Gasteiger partial charge on any atom is 0.302 e. The molecule has 4 N–H and O–H groups in total. The van der Waals surface area contributed by atoms with Gasteiger partial charge >= 0.3 is 5.91 Å². The monoisotopic (exact) mass is 127 g/mol. The Labute approximate surface area is 50.4 Å². The Morgan fingerprint density at radius 3 is 3.11 bits per heavy atom. The molecule has 0 aliphatic carbocycles. The summed E-state index contributed by atoms with van der Waals surface area (Å²) in [6.45, 7) is 0. The predicted octanol–water partition coefficient (Wildman–Crippen LogP) is -1.59. The third-order valence-electron chi connectivity index (χ3n) is 0.763. The van der Waals surface area contributed by atoms with Crippen LogP contribution in [0, 0.1) is 0 Å². The minimum absolute atomic E-state index is 0.109. The van der Waals surface area contributed by atoms with E-state index in [0.29, 0.717) is 0 Å². The second-order valence-electron chi connectivity index (χ2n) is 1.31. The van der Waals surface area contributed by atoms with E-state index in [4.69, 9.17) is 5.84 Å². The summed E-state index contributed by atoms with van der Waals surface area (Å²) in [4.78, 5) is 13.0. The van der Waals surface area contributed by atoms with Crippen LogP contribution in [0.3, 0.4) is 0 Å². The van der Waals surface area contributed by atoms with E-state index in [9.17, 15) is 4.79 Å². The van der Waals surface area contributed by atoms with E-state index >= 15 is 0 Å². The standard InChI is InChI=1S/C3H5N5O/c4-7-3(9)2-5-1-6-8-2/h1H,4H2,(H,7,9)(H,5,6,8). The van der Waals surface area contributed by atoms with Crippen LogP contribution in [0.1, 0.15) is 10.6 Å². The van der Waals surface area contributed by atoms with Gasteiger partial charge in [-0.2, -0.15) is 0 Å². The Morgan fingerprint density at radius 2 is 2.67 bits per heavy atom. The molecule has 1 rings (SSSR count). The van der Waals surface area contributed by atoms with Crippen LogP contribution in [-0.4, -0.2) is 21.1 Å². The summed E-state index contributed by atoms with van der Waals surface area (Å²) in [5, 5.41) is 6.76. The Hall–Kier alpha value is -1.43. The van der Waals surface area contributed by atoms with E-state index in [2.05, 4.69) is 15.2 Å². The fourth-order valence-electron chi connectivity index (χ4n) is 0.385. The van der Waals surface area contributed by atoms with Crippen molar-refractivity contribution < 1.29 is 4.79 Å². The van der Waals surface area contributed by atoms with Gasteiger partial charge in [-0.25, -0.2) is 5.84 Å². The zero-order valence-electron chi connectivity index (χ0n) is 4.46. The number of nitrogens with two attached hydrogens (primary N) is 1. The fraction of sp³-hybridized carbons (Fsp3) is 0. The zero-order valence-corrected chi connectivity index (χ0v) is 4.46. The molecule has 6 nitrogen and oxygen atoms in total. The normalized spacial score (nSPS) is 9.00. The van der Waals surface area contributed by atoms with Crippen molar-refractivity contribution in [3.63, 3.8) is 0 Å². The average Bonchev–Trinajstić information content (AvgIpc) is 2.37. The fourth-order valence-corrected chi connectivity index (χ4v) is 0.385. The number of rotatable bonds is 1. The minimum Gasteiger partial charge on any atom is -0.323 e. The highest BCUT2D eigenvalue weighted by molar-refractivity contribution is 5.89. The maximum atomic E-state index is 10.5. The lowest BCUT2D eigenvalue weighted by Gasteiger charge is -1.88. The molecular weight excluding hydrogens is 122 g/mol. The number of hydrogen-bond donors (Lipinski definition) is 3. The first-order chi connectivity index (χ1) is 4.34. The van der Waals surface area contributed by atoms with Gasteiger partial charge in [0.25, 0.3) is 0 Å². The lowest BCUT2D eigenvalue weighted by atomic mass is 10.6. The maximum absolute atomic E-state index is 10.5. The van der Waals surface area contributed by atoms with Gasteiger partial charge in [0, 0.05) is 0 Å². The summed E-state index contributed by atoms with van der Waals surface area (Å²) < 4.78 is 0. The number of hydrazine groups is 1. The van der Waals surface area contributed by atoms with Gasteiger partial charge < -0.3 is 4.98 Å². The van der Waals surface area contributed by atoms with E-state index in [1.807, 2.05) is 5.43 Å². The molecule has 0 saturated carbocycles. The largest absolute Gasteiger partial charge is 0.323 e. The third-order valence-corrected chi connectivity index (χ3v) is 0.763. The number of nitrogens with one attached hydrogen (secondary N) is 2. The Morgan fingerprint density at radius 1 is 1.89 bits per heavy atom. The number of aromatic amines is 1. The zero-order chi connectivity index (χ0) is 6.69. The quantitative estimate of drug-likeness (QED) is 0.240. The Balaban J connectivity index is 2.77. The van der Waals surface area contributed by atoms with E-state index in [-0.39, 0.29) is 5.82 Å². The van der Waals surface area contributed by atoms with Crippen LogP contribution in [0.5, 0.6) is 0 Å². The van der Waals surface area contributed by atoms with Gasteiger partial charge in [-0.3, -0.25) is 10.2 Å². The number of nitrogens with zero attached hydrogens (tertiary/aromatic N) is 2. The molecule has 0 aliphatic heterocycles. The Bertz CT molecular complexity index is 192. The van der Waals surface area contributed by atoms with Gasteiger partial charge in [0.1, 0.15) is 6.33 Å². The predicted molar refractivity (Wildman–Crippen MR) is 28.0 cm³/mol. The van der Waals surface area contributed by atoms with Gasteiger partial charge in [-0.05, 0) is 0 Å². The summed E-state index contributed by atoms with van der Waals surface area (Å²) >= 11 is 0. The summed E-state index contributed by atoms with van der Waals surface area (Å²) in [6, 6.07) is 0. The summed E-state index contributed by atoms with van der Waals surface area (Å²) in [5.74, 6) is 4.41. The summed E-state index contributed by atoms with van der Waals surface area (Å²) in [6.07, 6.45) is 1.30. The molecular formula is C3H5N5O. The van der Waals surface area contributed by atoms with Crippen LogP contribution >= 0.6 is 0 Å². The molecule has 0 radical (unpaired) electrons. The summed E-state index contributed by atoms with van der Waals surface area (Å²) in [7, 11) is 0. The number of aromatic nitrogens is 3. The number of hydrogen-bond acceptors (Lipinski definition) is 4. The molecule has 48 valence electrons. The van der Waals surface area contributed by atoms with Gasteiger partial charge in [0.2, 0.25) is 5.82 Å². The second-order valence-corrected chi connectivity index (χ2v) is 1.31. The molecule has 9 heavy (non-hydrogen) atoms. The van der Waals surface area contributed by atoms with Crippen molar-refractivity contribution in [3.8, 4) is 0 Å². The van der Waals surface area contributed by atoms with Crippen molar-refractivity contribution in [3.05, 3.63) is 12.2 Å². The highest BCUT2D eigenvalue weighted by Crippen LogP contribution is 1.80. The first-order valence-electron chi connectivity index (χ1n) is 2.21. The smallest absolute Gasteiger partial charge is 0.302 e. The van der Waals surface area contributed by atoms with Crippen molar-refractivity contribution in [2.24, 2.45) is 5.84 Å². The number of H-pyrrole nitrogens is 1. The van der Waals surface area contributed by atoms with E-state index < -0.39 is 5.91 Å². The molecule has 0 atom stereocenters. The van der Waals surface area contributed by atoms with Crippen LogP contribution in [-0.2, 0) is 0 Å². The average molecular weight is 127 g/mol. The molecule has 0 bridgehead atoms. The molecule has 1 aromatic heterocycles. The number of amides is 1. The topological polar surface area (TPSA) is 96.7 Å². The van der Waals surface area contributed by atoms with Crippen molar-refractivity contribution in [2.75, 3.05) is 0 Å². The van der Waals surface area contributed by atoms with Crippen LogP contribution in [0.4, 0.5) is 0 Å². The first-order valence-corrected chi connectivity index (χ1v) is 2.21. The van der Waals surface area contributed by atoms with Crippen LogP contribution in [0.2, 0.25) is 0 Å². The van der Waals surface area contributed by atoms with Gasteiger partial charge in [-0.1, -0.05) is 0 Å². The van der Waals surface area contributed by atoms with Gasteiger partial charge in [0.05, 0.1) is 0 Å². The number of carbonyl (C=O) groups is 1. The van der Waals surface area contributed by atoms with Crippen LogP contribution in [0.15, 0.2) is 6.33 Å². The van der Waals surface area contributed by atoms with E-state index in [1.165, 1.54) is 6.33 Å². The molecule has 0 fully saturated rings. The van der Waals surface area contributed by atoms with Gasteiger partial charge in [-0.15, -0.1) is 10.2 Å². The molecule has 0 saturated heterocycles. The van der Waals surface area contributed by atoms with E-state index in [0.717, 1.165) is 0 Å². The minimum atomic E-state index is -0.479. The molecule has 0 spiro atoms. The third kappa shape index (κ3) is 1.03. The molecule has 1 heterocycles. The van der Waals surface area contributed by atoms with E-state index in [1.54, 1.807) is 0 Å². The molecule has 0 aliphatic rings. The van der Waals surface area contributed by atoms with Crippen molar-refractivity contribution in [1.82, 2.24) is 20.6 Å². The van der Waals surface area contributed by atoms with Crippen molar-refractivity contribution in [2.45, 2.75) is 0 Å². The molecule has 6 heteroatoms. The SMILES string of the molecule is NNC(=O)c1nnc[nH]1. The first kappa shape index (κ1) is 5.70. The van der Waals surface area contributed by atoms with Crippen molar-refractivity contribution in [1.29, 1.82) is 0 Å². The van der Waals surface area contributed by atoms with Crippen LogP contribution < -0.4 is 11.3 Å². The number of carbonyl (C=O) groups excluding carboxylic acids is 1. The highest BCUT2D eigenvalue weighted by atomic mass is 16.2. The molecule has 0 unspecified atom stereocenters. The Kier molecular flexibility index (Phi) is 1.41. The summed E-state index contributed by atoms with van der Waals surface area (Å²) in [5.41, 5.74) is 1.89. The van der Waals surface area contributed by atoms with Crippen LogP contribution in [0.25, 0.3) is 0 Å². The lowest BCUT2D eigenvalue weighted by molar-refractivity contribution is 0.0943. The molecule has 1 amide bonds. The van der Waals surface area contributed by atoms with Crippen molar-refractivity contribution >= 4 is 5.91 Å². The molecule has 0 aromatic carbocycles. The number of nitrogen functional groups attached to an aromatic ring is 1. The van der Waals surface area contributed by atoms with Gasteiger partial charge in [0.15, 0.2) is 0 Å². The second kappa shape index (κ2) is 2.23. The lowest BCUT2D eigenvalue weighted by Crippen LogP contribution is -2.30. The highest BCUT2D eigenvalue weighted by Gasteiger charge is 2.03.